The summed E-state index contributed by atoms with van der Waals surface area (Å²) in [5.74, 6) is 0.689. The van der Waals surface area contributed by atoms with Gasteiger partial charge in [0.05, 0.1) is 5.69 Å². The van der Waals surface area contributed by atoms with Crippen molar-refractivity contribution in [2.75, 3.05) is 6.54 Å². The molecule has 3 nitrogen and oxygen atoms in total. The quantitative estimate of drug-likeness (QED) is 0.771. The Morgan fingerprint density at radius 1 is 1.53 bits per heavy atom. The van der Waals surface area contributed by atoms with Crippen LogP contribution in [0.1, 0.15) is 31.6 Å². The molecule has 0 aromatic carbocycles. The van der Waals surface area contributed by atoms with E-state index in [4.69, 9.17) is 0 Å². The Hall–Kier alpha value is -0.930. The van der Waals surface area contributed by atoms with Crippen LogP contribution in [-0.4, -0.2) is 22.7 Å². The van der Waals surface area contributed by atoms with Gasteiger partial charge >= 0.3 is 0 Å². The number of nitrogens with zero attached hydrogens (tertiary/aromatic N) is 1. The monoisotopic (exact) mass is 206 g/mol. The summed E-state index contributed by atoms with van der Waals surface area (Å²) in [6, 6.07) is 5.82. The zero-order valence-corrected chi connectivity index (χ0v) is 9.06. The molecule has 0 spiro atoms. The highest BCUT2D eigenvalue weighted by Crippen LogP contribution is 2.24. The van der Waals surface area contributed by atoms with Gasteiger partial charge in [0.2, 0.25) is 0 Å². The van der Waals surface area contributed by atoms with Gasteiger partial charge in [-0.05, 0) is 37.4 Å². The van der Waals surface area contributed by atoms with Gasteiger partial charge in [0.1, 0.15) is 6.10 Å². The summed E-state index contributed by atoms with van der Waals surface area (Å²) >= 11 is 0. The lowest BCUT2D eigenvalue weighted by molar-refractivity contribution is 0.0978. The second-order valence-electron chi connectivity index (χ2n) is 4.39. The third-order valence-corrected chi connectivity index (χ3v) is 3.07. The molecule has 82 valence electrons. The molecule has 0 aliphatic carbocycles. The van der Waals surface area contributed by atoms with E-state index in [1.807, 2.05) is 18.2 Å². The van der Waals surface area contributed by atoms with Crippen molar-refractivity contribution in [3.8, 4) is 0 Å². The average Bonchev–Trinajstić information content (AvgIpc) is 2.29. The maximum absolute atomic E-state index is 10.1. The highest BCUT2D eigenvalue weighted by molar-refractivity contribution is 5.09. The molecule has 1 aromatic heterocycles. The number of aliphatic hydroxyl groups excluding tert-OH is 1. The van der Waals surface area contributed by atoms with E-state index in [9.17, 15) is 5.11 Å². The fourth-order valence-corrected chi connectivity index (χ4v) is 2.15. The van der Waals surface area contributed by atoms with E-state index in [0.717, 1.165) is 18.7 Å². The first-order valence-corrected chi connectivity index (χ1v) is 5.60. The topological polar surface area (TPSA) is 45.1 Å². The predicted octanol–water partition coefficient (Wildman–Crippen LogP) is 1.50. The van der Waals surface area contributed by atoms with Crippen molar-refractivity contribution in [3.63, 3.8) is 0 Å². The first-order chi connectivity index (χ1) is 7.27. The van der Waals surface area contributed by atoms with E-state index in [0.29, 0.717) is 5.92 Å². The smallest absolute Gasteiger partial charge is 0.111 e. The summed E-state index contributed by atoms with van der Waals surface area (Å²) in [6.45, 7) is 3.23. The van der Waals surface area contributed by atoms with E-state index in [1.165, 1.54) is 6.42 Å². The third kappa shape index (κ3) is 2.55. The molecular formula is C12H18N2O. The van der Waals surface area contributed by atoms with E-state index in [2.05, 4.69) is 17.2 Å². The van der Waals surface area contributed by atoms with Gasteiger partial charge in [0.15, 0.2) is 0 Å². The normalized spacial score (nSPS) is 28.7. The molecule has 1 aliphatic rings. The lowest BCUT2D eigenvalue weighted by Crippen LogP contribution is -2.41. The van der Waals surface area contributed by atoms with Gasteiger partial charge < -0.3 is 10.4 Å². The molecular weight excluding hydrogens is 188 g/mol. The average molecular weight is 206 g/mol. The molecule has 15 heavy (non-hydrogen) atoms. The maximum Gasteiger partial charge on any atom is 0.111 e. The number of hydrogen-bond donors (Lipinski definition) is 2. The largest absolute Gasteiger partial charge is 0.385 e. The maximum atomic E-state index is 10.1. The minimum atomic E-state index is -0.478. The number of nitrogens with one attached hydrogen (secondary N) is 1. The van der Waals surface area contributed by atoms with E-state index < -0.39 is 6.10 Å². The standard InChI is InChI=1S/C12H18N2O/c1-9-5-7-14-11(8-9)12(15)10-4-2-3-6-13-10/h2-4,6,9,11-12,14-15H,5,7-8H2,1H3. The summed E-state index contributed by atoms with van der Waals surface area (Å²) in [5, 5.41) is 13.5. The molecule has 2 N–H and O–H groups in total. The minimum Gasteiger partial charge on any atom is -0.385 e. The number of rotatable bonds is 2. The van der Waals surface area contributed by atoms with Crippen molar-refractivity contribution >= 4 is 0 Å². The van der Waals surface area contributed by atoms with Crippen molar-refractivity contribution in [1.82, 2.24) is 10.3 Å². The second-order valence-corrected chi connectivity index (χ2v) is 4.39. The van der Waals surface area contributed by atoms with Crippen molar-refractivity contribution < 1.29 is 5.11 Å². The molecule has 0 amide bonds. The molecule has 3 atom stereocenters. The molecule has 2 heterocycles. The Balaban J connectivity index is 2.04. The van der Waals surface area contributed by atoms with Crippen LogP contribution in [0.5, 0.6) is 0 Å². The highest BCUT2D eigenvalue weighted by Gasteiger charge is 2.26. The Morgan fingerprint density at radius 2 is 2.40 bits per heavy atom. The number of hydrogen-bond acceptors (Lipinski definition) is 3. The highest BCUT2D eigenvalue weighted by atomic mass is 16.3. The van der Waals surface area contributed by atoms with Crippen molar-refractivity contribution in [3.05, 3.63) is 30.1 Å². The second kappa shape index (κ2) is 4.73. The van der Waals surface area contributed by atoms with Crippen LogP contribution in [0.3, 0.4) is 0 Å². The number of pyridine rings is 1. The minimum absolute atomic E-state index is 0.156. The van der Waals surface area contributed by atoms with Crippen LogP contribution in [0.15, 0.2) is 24.4 Å². The molecule has 1 fully saturated rings. The zero-order chi connectivity index (χ0) is 10.7. The molecule has 1 aliphatic heterocycles. The molecule has 0 bridgehead atoms. The summed E-state index contributed by atoms with van der Waals surface area (Å²) in [6.07, 6.45) is 3.47. The SMILES string of the molecule is CC1CCNC(C(O)c2ccccn2)C1. The van der Waals surface area contributed by atoms with Crippen LogP contribution in [0.25, 0.3) is 0 Å². The summed E-state index contributed by atoms with van der Waals surface area (Å²) in [5.41, 5.74) is 0.768. The van der Waals surface area contributed by atoms with Crippen molar-refractivity contribution in [2.24, 2.45) is 5.92 Å². The molecule has 0 radical (unpaired) electrons. The van der Waals surface area contributed by atoms with Crippen LogP contribution in [0.4, 0.5) is 0 Å². The molecule has 2 rings (SSSR count). The van der Waals surface area contributed by atoms with Gasteiger partial charge in [0, 0.05) is 12.2 Å². The Kier molecular flexibility index (Phi) is 3.34. The molecule has 3 unspecified atom stereocenters. The Labute approximate surface area is 90.5 Å². The van der Waals surface area contributed by atoms with Gasteiger partial charge in [-0.15, -0.1) is 0 Å². The van der Waals surface area contributed by atoms with Gasteiger partial charge in [-0.3, -0.25) is 4.98 Å². The summed E-state index contributed by atoms with van der Waals surface area (Å²) in [7, 11) is 0. The Morgan fingerprint density at radius 3 is 3.07 bits per heavy atom. The number of aliphatic hydroxyl groups is 1. The molecule has 0 saturated carbocycles. The van der Waals surface area contributed by atoms with Crippen LogP contribution >= 0.6 is 0 Å². The summed E-state index contributed by atoms with van der Waals surface area (Å²) in [4.78, 5) is 4.19. The van der Waals surface area contributed by atoms with Gasteiger partial charge in [-0.2, -0.15) is 0 Å². The fourth-order valence-electron chi connectivity index (χ4n) is 2.15. The zero-order valence-electron chi connectivity index (χ0n) is 9.06. The number of piperidine rings is 1. The van der Waals surface area contributed by atoms with Crippen molar-refractivity contribution in [1.29, 1.82) is 0 Å². The van der Waals surface area contributed by atoms with Gasteiger partial charge in [-0.25, -0.2) is 0 Å². The van der Waals surface area contributed by atoms with Gasteiger partial charge in [0.25, 0.3) is 0 Å². The molecule has 3 heteroatoms. The van der Waals surface area contributed by atoms with Crippen LogP contribution in [0, 0.1) is 5.92 Å². The number of aromatic nitrogens is 1. The van der Waals surface area contributed by atoms with E-state index >= 15 is 0 Å². The first kappa shape index (κ1) is 10.6. The van der Waals surface area contributed by atoms with E-state index in [1.54, 1.807) is 6.20 Å². The lowest BCUT2D eigenvalue weighted by atomic mass is 9.90. The molecule has 1 aromatic rings. The van der Waals surface area contributed by atoms with Crippen LogP contribution in [0.2, 0.25) is 0 Å². The van der Waals surface area contributed by atoms with E-state index in [-0.39, 0.29) is 6.04 Å². The molecule has 1 saturated heterocycles. The Bertz CT molecular complexity index is 302. The predicted molar refractivity (Wildman–Crippen MR) is 59.4 cm³/mol. The van der Waals surface area contributed by atoms with Crippen molar-refractivity contribution in [2.45, 2.75) is 31.9 Å². The van der Waals surface area contributed by atoms with Crippen LogP contribution in [-0.2, 0) is 0 Å². The lowest BCUT2D eigenvalue weighted by Gasteiger charge is -2.31. The first-order valence-electron chi connectivity index (χ1n) is 5.60. The van der Waals surface area contributed by atoms with Gasteiger partial charge in [-0.1, -0.05) is 13.0 Å². The fraction of sp³-hybridized carbons (Fsp3) is 0.583. The third-order valence-electron chi connectivity index (χ3n) is 3.07. The summed E-state index contributed by atoms with van der Waals surface area (Å²) < 4.78 is 0. The van der Waals surface area contributed by atoms with Crippen LogP contribution < -0.4 is 5.32 Å².